The van der Waals surface area contributed by atoms with Gasteiger partial charge in [0.05, 0.1) is 39.5 Å². The summed E-state index contributed by atoms with van der Waals surface area (Å²) in [5.74, 6) is 0.102. The quantitative estimate of drug-likeness (QED) is 0.246. The lowest BCUT2D eigenvalue weighted by Gasteiger charge is -2.45. The average Bonchev–Trinajstić information content (AvgIpc) is 3.40. The fraction of sp³-hybridized carbons (Fsp3) is 0.310. The number of nitrogens with zero attached hydrogens (tertiary/aromatic N) is 5. The molecule has 4 heterocycles. The van der Waals surface area contributed by atoms with E-state index in [9.17, 15) is 15.0 Å². The first-order valence-electron chi connectivity index (χ1n) is 13.0. The van der Waals surface area contributed by atoms with Crippen LogP contribution in [0.3, 0.4) is 0 Å². The van der Waals surface area contributed by atoms with Crippen LogP contribution in [0.5, 0.6) is 0 Å². The number of fused-ring (bicyclic) bond motifs is 2. The van der Waals surface area contributed by atoms with Crippen LogP contribution >= 0.6 is 11.6 Å². The molecule has 4 aromatic rings. The first kappa shape index (κ1) is 27.6. The molecule has 1 amide bonds. The molecule has 0 saturated heterocycles. The first-order valence-corrected chi connectivity index (χ1v) is 13.4. The lowest BCUT2D eigenvalue weighted by molar-refractivity contribution is -0.116. The maximum absolute atomic E-state index is 11.8. The van der Waals surface area contributed by atoms with Gasteiger partial charge in [0.1, 0.15) is 0 Å². The van der Waals surface area contributed by atoms with E-state index in [-0.39, 0.29) is 24.9 Å². The Kier molecular flexibility index (Phi) is 7.50. The van der Waals surface area contributed by atoms with Gasteiger partial charge in [-0.2, -0.15) is 5.10 Å². The second-order valence-electron chi connectivity index (χ2n) is 10.2. The fourth-order valence-corrected chi connectivity index (χ4v) is 5.45. The highest BCUT2D eigenvalue weighted by Crippen LogP contribution is 2.47. The predicted molar refractivity (Wildman–Crippen MR) is 157 cm³/mol. The van der Waals surface area contributed by atoms with Crippen molar-refractivity contribution in [3.05, 3.63) is 71.2 Å². The second kappa shape index (κ2) is 10.9. The van der Waals surface area contributed by atoms with Gasteiger partial charge in [0, 0.05) is 30.2 Å². The van der Waals surface area contributed by atoms with Crippen LogP contribution in [-0.4, -0.2) is 61.8 Å². The number of rotatable bonds is 7. The number of carbonyl (C=O) groups is 1. The van der Waals surface area contributed by atoms with Crippen LogP contribution in [0.2, 0.25) is 5.02 Å². The highest BCUT2D eigenvalue weighted by molar-refractivity contribution is 6.34. The van der Waals surface area contributed by atoms with Crippen molar-refractivity contribution in [2.45, 2.75) is 46.1 Å². The first-order chi connectivity index (χ1) is 19.1. The minimum atomic E-state index is -1.39. The maximum Gasteiger partial charge on any atom is 0.243 e. The van der Waals surface area contributed by atoms with Crippen molar-refractivity contribution in [2.24, 2.45) is 0 Å². The molecule has 0 bridgehead atoms. The summed E-state index contributed by atoms with van der Waals surface area (Å²) in [5, 5.41) is 34.2. The number of aliphatic hydroxyl groups is 2. The molecule has 2 unspecified atom stereocenters. The molecule has 0 aliphatic carbocycles. The SMILES string of the molecule is C=CC(=O)NCCN1c2cc(Cl)c(-c3c(C)ccc4[nH]ncc34)nc2N(c2c(C)ccnc2C(C)C)C(O)C1O. The number of aliphatic hydroxyl groups excluding tert-OH is 2. The van der Waals surface area contributed by atoms with Gasteiger partial charge in [0.25, 0.3) is 0 Å². The summed E-state index contributed by atoms with van der Waals surface area (Å²) in [6.45, 7) is 11.8. The molecule has 0 spiro atoms. The number of nitrogens with one attached hydrogen (secondary N) is 2. The van der Waals surface area contributed by atoms with Crippen molar-refractivity contribution in [2.75, 3.05) is 22.9 Å². The van der Waals surface area contributed by atoms with Gasteiger partial charge in [-0.1, -0.05) is 38.1 Å². The van der Waals surface area contributed by atoms with E-state index in [2.05, 4.69) is 27.1 Å². The third-order valence-electron chi connectivity index (χ3n) is 7.17. The summed E-state index contributed by atoms with van der Waals surface area (Å²) < 4.78 is 0. The van der Waals surface area contributed by atoms with Crippen molar-refractivity contribution >= 4 is 45.6 Å². The Morgan fingerprint density at radius 1 is 1.23 bits per heavy atom. The minimum absolute atomic E-state index is 0.0310. The molecule has 10 nitrogen and oxygen atoms in total. The molecule has 0 radical (unpaired) electrons. The second-order valence-corrected chi connectivity index (χ2v) is 10.6. The molecule has 1 aliphatic rings. The summed E-state index contributed by atoms with van der Waals surface area (Å²) in [6, 6.07) is 7.54. The van der Waals surface area contributed by atoms with E-state index >= 15 is 0 Å². The number of H-pyrrole nitrogens is 1. The van der Waals surface area contributed by atoms with E-state index in [1.54, 1.807) is 28.3 Å². The molecule has 0 fully saturated rings. The van der Waals surface area contributed by atoms with Crippen LogP contribution in [0, 0.1) is 13.8 Å². The maximum atomic E-state index is 11.8. The highest BCUT2D eigenvalue weighted by Gasteiger charge is 2.41. The van der Waals surface area contributed by atoms with Gasteiger partial charge in [-0.25, -0.2) is 4.98 Å². The summed E-state index contributed by atoms with van der Waals surface area (Å²) in [7, 11) is 0. The third kappa shape index (κ3) is 4.68. The van der Waals surface area contributed by atoms with Crippen LogP contribution in [-0.2, 0) is 4.79 Å². The zero-order valence-corrected chi connectivity index (χ0v) is 23.6. The Labute approximate surface area is 237 Å². The van der Waals surface area contributed by atoms with Crippen molar-refractivity contribution < 1.29 is 15.0 Å². The molecule has 40 heavy (non-hydrogen) atoms. The average molecular weight is 562 g/mol. The van der Waals surface area contributed by atoms with Crippen LogP contribution in [0.4, 0.5) is 17.2 Å². The number of amides is 1. The third-order valence-corrected chi connectivity index (χ3v) is 7.46. The van der Waals surface area contributed by atoms with Crippen LogP contribution in [0.25, 0.3) is 22.2 Å². The van der Waals surface area contributed by atoms with Gasteiger partial charge in [0.2, 0.25) is 5.91 Å². The topological polar surface area (TPSA) is 130 Å². The van der Waals surface area contributed by atoms with E-state index in [4.69, 9.17) is 16.6 Å². The van der Waals surface area contributed by atoms with Gasteiger partial charge in [-0.15, -0.1) is 0 Å². The molecule has 0 saturated carbocycles. The number of benzene rings is 1. The van der Waals surface area contributed by atoms with E-state index in [1.807, 2.05) is 45.9 Å². The normalized spacial score (nSPS) is 16.9. The van der Waals surface area contributed by atoms with Crippen molar-refractivity contribution in [1.82, 2.24) is 25.5 Å². The summed E-state index contributed by atoms with van der Waals surface area (Å²) in [4.78, 5) is 24.7. The number of pyridine rings is 2. The number of anilines is 3. The number of aromatic amines is 1. The van der Waals surface area contributed by atoms with Crippen molar-refractivity contribution in [3.8, 4) is 11.3 Å². The van der Waals surface area contributed by atoms with E-state index in [0.717, 1.165) is 33.3 Å². The molecule has 5 rings (SSSR count). The van der Waals surface area contributed by atoms with Gasteiger partial charge in [0.15, 0.2) is 18.3 Å². The Morgan fingerprint density at radius 2 is 2.00 bits per heavy atom. The van der Waals surface area contributed by atoms with Crippen LogP contribution in [0.15, 0.2) is 49.3 Å². The lowest BCUT2D eigenvalue weighted by Crippen LogP contribution is -2.57. The zero-order valence-electron chi connectivity index (χ0n) is 22.8. The summed E-state index contributed by atoms with van der Waals surface area (Å²) in [6.07, 6.45) is 1.91. The Morgan fingerprint density at radius 3 is 2.73 bits per heavy atom. The molecular formula is C29H32ClN7O3. The molecule has 208 valence electrons. The number of halogens is 1. The monoisotopic (exact) mass is 561 g/mol. The van der Waals surface area contributed by atoms with Crippen LogP contribution in [0.1, 0.15) is 36.6 Å². The largest absolute Gasteiger partial charge is 0.369 e. The predicted octanol–water partition coefficient (Wildman–Crippen LogP) is 4.31. The Hall–Kier alpha value is -3.99. The number of carbonyl (C=O) groups excluding carboxylic acids is 1. The number of hydrogen-bond acceptors (Lipinski definition) is 8. The molecule has 1 aromatic carbocycles. The number of hydrogen-bond donors (Lipinski definition) is 4. The molecule has 3 aromatic heterocycles. The van der Waals surface area contributed by atoms with Crippen LogP contribution < -0.4 is 15.1 Å². The summed E-state index contributed by atoms with van der Waals surface area (Å²) in [5.41, 5.74) is 5.94. The van der Waals surface area contributed by atoms with E-state index in [0.29, 0.717) is 27.9 Å². The van der Waals surface area contributed by atoms with Gasteiger partial charge in [-0.3, -0.25) is 19.8 Å². The number of aryl methyl sites for hydroxylation is 2. The fourth-order valence-electron chi connectivity index (χ4n) is 5.21. The lowest BCUT2D eigenvalue weighted by atomic mass is 9.99. The molecule has 11 heteroatoms. The van der Waals surface area contributed by atoms with Crippen molar-refractivity contribution in [1.29, 1.82) is 0 Å². The molecule has 1 aliphatic heterocycles. The molecule has 4 N–H and O–H groups in total. The van der Waals surface area contributed by atoms with Crippen molar-refractivity contribution in [3.63, 3.8) is 0 Å². The zero-order chi connectivity index (χ0) is 28.7. The standard InChI is InChI=1S/C29H32ClN7O3/c1-6-22(38)31-11-12-36-21-13-19(30)25(23-16(4)7-8-20-18(23)14-33-35-20)34-27(21)37(29(40)28(36)39)26-17(5)9-10-32-24(26)15(2)3/h6-10,13-15,28-29,39-40H,1,11-12H2,2-5H3,(H,31,38)(H,33,35). The van der Waals surface area contributed by atoms with Gasteiger partial charge in [-0.05, 0) is 55.2 Å². The molecular weight excluding hydrogens is 530 g/mol. The minimum Gasteiger partial charge on any atom is -0.369 e. The van der Waals surface area contributed by atoms with E-state index in [1.165, 1.54) is 6.08 Å². The Bertz CT molecular complexity index is 1600. The molecule has 2 atom stereocenters. The Balaban J connectivity index is 1.75. The summed E-state index contributed by atoms with van der Waals surface area (Å²) >= 11 is 6.92. The van der Waals surface area contributed by atoms with Gasteiger partial charge >= 0.3 is 0 Å². The van der Waals surface area contributed by atoms with Gasteiger partial charge < -0.3 is 20.4 Å². The highest BCUT2D eigenvalue weighted by atomic mass is 35.5. The van der Waals surface area contributed by atoms with E-state index < -0.39 is 12.5 Å². The number of aromatic nitrogens is 4. The smallest absolute Gasteiger partial charge is 0.243 e.